The Morgan fingerprint density at radius 2 is 1.88 bits per heavy atom. The van der Waals surface area contributed by atoms with E-state index >= 15 is 0 Å². The first-order valence-electron chi connectivity index (χ1n) is 8.71. The number of rotatable bonds is 6. The molecule has 7 heteroatoms. The summed E-state index contributed by atoms with van der Waals surface area (Å²) in [6, 6.07) is 5.42. The second-order valence-electron chi connectivity index (χ2n) is 6.35. The minimum Gasteiger partial charge on any atom is -0.371 e. The Morgan fingerprint density at radius 1 is 1.20 bits per heavy atom. The highest BCUT2D eigenvalue weighted by Gasteiger charge is 2.21. The highest BCUT2D eigenvalue weighted by atomic mass is 35.5. The van der Waals surface area contributed by atoms with Crippen molar-refractivity contribution in [2.45, 2.75) is 50.4 Å². The molecular formula is C18H25Cl2N3O2. The minimum absolute atomic E-state index is 0.0787. The Bertz CT molecular complexity index is 616. The summed E-state index contributed by atoms with van der Waals surface area (Å²) < 4.78 is 0. The molecule has 0 unspecified atom stereocenters. The van der Waals surface area contributed by atoms with Crippen molar-refractivity contribution in [3.05, 3.63) is 23.8 Å². The first-order chi connectivity index (χ1) is 11.9. The number of halogens is 2. The molecule has 1 aliphatic heterocycles. The van der Waals surface area contributed by atoms with Crippen molar-refractivity contribution >= 4 is 46.4 Å². The number of carbonyl (C=O) groups is 2. The molecular weight excluding hydrogens is 361 g/mol. The van der Waals surface area contributed by atoms with Gasteiger partial charge in [0.05, 0.1) is 5.56 Å². The van der Waals surface area contributed by atoms with Gasteiger partial charge in [-0.15, -0.1) is 0 Å². The van der Waals surface area contributed by atoms with E-state index in [1.165, 1.54) is 6.42 Å². The lowest BCUT2D eigenvalue weighted by molar-refractivity contribution is -0.114. The molecule has 25 heavy (non-hydrogen) atoms. The molecule has 0 spiro atoms. The quantitative estimate of drug-likeness (QED) is 0.728. The van der Waals surface area contributed by atoms with Crippen LogP contribution < -0.4 is 15.5 Å². The van der Waals surface area contributed by atoms with E-state index in [1.54, 1.807) is 12.1 Å². The maximum atomic E-state index is 12.7. The van der Waals surface area contributed by atoms with E-state index in [4.69, 9.17) is 23.2 Å². The van der Waals surface area contributed by atoms with Gasteiger partial charge in [-0.1, -0.05) is 30.1 Å². The number of benzene rings is 1. The predicted octanol–water partition coefficient (Wildman–Crippen LogP) is 3.95. The van der Waals surface area contributed by atoms with Crippen LogP contribution in [0.1, 0.15) is 49.9 Å². The highest BCUT2D eigenvalue weighted by molar-refractivity contribution is 6.54. The van der Waals surface area contributed by atoms with E-state index in [0.717, 1.165) is 38.0 Å². The molecule has 1 fully saturated rings. The van der Waals surface area contributed by atoms with Crippen molar-refractivity contribution in [2.75, 3.05) is 23.3 Å². The number of amides is 2. The van der Waals surface area contributed by atoms with E-state index in [2.05, 4.69) is 15.5 Å². The van der Waals surface area contributed by atoms with Crippen molar-refractivity contribution in [1.82, 2.24) is 5.32 Å². The maximum absolute atomic E-state index is 12.7. The molecule has 1 aromatic carbocycles. The van der Waals surface area contributed by atoms with Gasteiger partial charge in [0.15, 0.2) is 4.84 Å². The zero-order chi connectivity index (χ0) is 18.4. The molecule has 2 amide bonds. The molecule has 2 rings (SSSR count). The first kappa shape index (κ1) is 19.9. The number of hydrogen-bond donors (Lipinski definition) is 2. The van der Waals surface area contributed by atoms with Gasteiger partial charge in [0.2, 0.25) is 0 Å². The highest BCUT2D eigenvalue weighted by Crippen LogP contribution is 2.27. The number of nitrogens with zero attached hydrogens (tertiary/aromatic N) is 1. The van der Waals surface area contributed by atoms with Crippen LogP contribution in [0.5, 0.6) is 0 Å². The average molecular weight is 386 g/mol. The van der Waals surface area contributed by atoms with Crippen LogP contribution in [-0.2, 0) is 4.79 Å². The molecule has 0 radical (unpaired) electrons. The zero-order valence-electron chi connectivity index (χ0n) is 14.6. The van der Waals surface area contributed by atoms with E-state index in [-0.39, 0.29) is 11.9 Å². The molecule has 1 atom stereocenters. The van der Waals surface area contributed by atoms with Crippen molar-refractivity contribution < 1.29 is 9.59 Å². The number of piperidine rings is 1. The third-order valence-corrected chi connectivity index (χ3v) is 4.79. The normalized spacial score (nSPS) is 15.8. The van der Waals surface area contributed by atoms with Crippen LogP contribution in [0.3, 0.4) is 0 Å². The second-order valence-corrected chi connectivity index (χ2v) is 7.45. The lowest BCUT2D eigenvalue weighted by Crippen LogP contribution is -2.35. The van der Waals surface area contributed by atoms with Crippen molar-refractivity contribution in [2.24, 2.45) is 0 Å². The van der Waals surface area contributed by atoms with E-state index in [9.17, 15) is 9.59 Å². The predicted molar refractivity (Wildman–Crippen MR) is 104 cm³/mol. The van der Waals surface area contributed by atoms with Gasteiger partial charge in [0.25, 0.3) is 11.8 Å². The number of nitrogens with one attached hydrogen (secondary N) is 2. The van der Waals surface area contributed by atoms with Gasteiger partial charge in [-0.05, 0) is 50.8 Å². The number of anilines is 2. The molecule has 2 N–H and O–H groups in total. The summed E-state index contributed by atoms with van der Waals surface area (Å²) in [7, 11) is 0. The summed E-state index contributed by atoms with van der Waals surface area (Å²) in [5.41, 5.74) is 1.96. The zero-order valence-corrected chi connectivity index (χ0v) is 16.2. The van der Waals surface area contributed by atoms with Crippen LogP contribution in [0.15, 0.2) is 18.2 Å². The lowest BCUT2D eigenvalue weighted by Gasteiger charge is -2.31. The first-order valence-corrected chi connectivity index (χ1v) is 9.58. The minimum atomic E-state index is -1.15. The number of alkyl halides is 2. The van der Waals surface area contributed by atoms with Gasteiger partial charge >= 0.3 is 0 Å². The topological polar surface area (TPSA) is 61.4 Å². The van der Waals surface area contributed by atoms with Gasteiger partial charge in [-0.3, -0.25) is 9.59 Å². The van der Waals surface area contributed by atoms with Crippen molar-refractivity contribution in [3.63, 3.8) is 0 Å². The molecule has 5 nitrogen and oxygen atoms in total. The third-order valence-electron chi connectivity index (χ3n) is 4.39. The fraction of sp³-hybridized carbons (Fsp3) is 0.556. The van der Waals surface area contributed by atoms with Crippen molar-refractivity contribution in [1.29, 1.82) is 0 Å². The summed E-state index contributed by atoms with van der Waals surface area (Å²) >= 11 is 11.2. The Labute approximate surface area is 159 Å². The van der Waals surface area contributed by atoms with Crippen molar-refractivity contribution in [3.8, 4) is 0 Å². The lowest BCUT2D eigenvalue weighted by atomic mass is 10.1. The molecule has 1 heterocycles. The van der Waals surface area contributed by atoms with Gasteiger partial charge < -0.3 is 15.5 Å². The molecule has 0 bridgehead atoms. The van der Waals surface area contributed by atoms with Crippen LogP contribution in [0.2, 0.25) is 0 Å². The number of carbonyl (C=O) groups excluding carboxylic acids is 2. The molecule has 1 aliphatic rings. The molecule has 138 valence electrons. The summed E-state index contributed by atoms with van der Waals surface area (Å²) in [5, 5.41) is 5.63. The molecule has 0 saturated carbocycles. The molecule has 0 aromatic heterocycles. The monoisotopic (exact) mass is 385 g/mol. The standard InChI is InChI=1S/C18H25Cl2N3O2/c1-3-12(2)21-17(24)14-11-13(22-18(25)16(19)20)7-8-15(14)23-9-5-4-6-10-23/h7-8,11-12,16H,3-6,9-10H2,1-2H3,(H,21,24)(H,22,25)/t12-/m0/s1. The number of hydrogen-bond acceptors (Lipinski definition) is 3. The molecule has 1 aromatic rings. The third kappa shape index (κ3) is 5.51. The average Bonchev–Trinajstić information content (AvgIpc) is 2.62. The van der Waals surface area contributed by atoms with Gasteiger partial charge in [-0.2, -0.15) is 0 Å². The summed E-state index contributed by atoms with van der Waals surface area (Å²) in [4.78, 5) is 25.5. The van der Waals surface area contributed by atoms with Gasteiger partial charge in [-0.25, -0.2) is 0 Å². The van der Waals surface area contributed by atoms with Crippen LogP contribution in [0.4, 0.5) is 11.4 Å². The summed E-state index contributed by atoms with van der Waals surface area (Å²) in [5.74, 6) is -0.651. The van der Waals surface area contributed by atoms with Crippen LogP contribution >= 0.6 is 23.2 Å². The largest absolute Gasteiger partial charge is 0.371 e. The SMILES string of the molecule is CC[C@H](C)NC(=O)c1cc(NC(=O)C(Cl)Cl)ccc1N1CCCCC1. The van der Waals surface area contributed by atoms with Crippen LogP contribution in [-0.4, -0.2) is 35.8 Å². The van der Waals surface area contributed by atoms with E-state index < -0.39 is 10.7 Å². The maximum Gasteiger partial charge on any atom is 0.257 e. The Balaban J connectivity index is 2.30. The fourth-order valence-electron chi connectivity index (χ4n) is 2.81. The van der Waals surface area contributed by atoms with E-state index in [1.807, 2.05) is 19.9 Å². The van der Waals surface area contributed by atoms with Crippen LogP contribution in [0, 0.1) is 0 Å². The molecule has 0 aliphatic carbocycles. The molecule has 1 saturated heterocycles. The smallest absolute Gasteiger partial charge is 0.257 e. The fourth-order valence-corrected chi connectivity index (χ4v) is 2.92. The van der Waals surface area contributed by atoms with Gasteiger partial charge in [0.1, 0.15) is 0 Å². The Hall–Kier alpha value is -1.46. The van der Waals surface area contributed by atoms with E-state index in [0.29, 0.717) is 11.3 Å². The van der Waals surface area contributed by atoms with Crippen LogP contribution in [0.25, 0.3) is 0 Å². The summed E-state index contributed by atoms with van der Waals surface area (Å²) in [6.07, 6.45) is 4.30. The second kappa shape index (κ2) is 9.30. The Kier molecular flexibility index (Phi) is 7.38. The summed E-state index contributed by atoms with van der Waals surface area (Å²) in [6.45, 7) is 5.85. The van der Waals surface area contributed by atoms with Gasteiger partial charge in [0, 0.05) is 30.5 Å². The Morgan fingerprint density at radius 3 is 2.48 bits per heavy atom.